The zero-order valence-corrected chi connectivity index (χ0v) is 9.85. The van der Waals surface area contributed by atoms with Crippen molar-refractivity contribution in [2.75, 3.05) is 0 Å². The highest BCUT2D eigenvalue weighted by atomic mass is 32.1. The first-order chi connectivity index (χ1) is 7.70. The molecule has 1 N–H and O–H groups in total. The van der Waals surface area contributed by atoms with E-state index in [1.807, 2.05) is 16.8 Å². The normalized spacial score (nSPS) is 10.6. The van der Waals surface area contributed by atoms with Gasteiger partial charge in [0.2, 0.25) is 0 Å². The molecule has 1 aromatic heterocycles. The average Bonchev–Trinajstić information content (AvgIpc) is 2.60. The number of H-pyrrole nitrogens is 1. The van der Waals surface area contributed by atoms with Crippen LogP contribution in [0.15, 0.2) is 30.5 Å². The molecule has 0 aliphatic carbocycles. The molecule has 0 aliphatic heterocycles. The summed E-state index contributed by atoms with van der Waals surface area (Å²) < 4.78 is 15.7. The molecule has 0 saturated carbocycles. The van der Waals surface area contributed by atoms with E-state index in [-0.39, 0.29) is 5.82 Å². The van der Waals surface area contributed by atoms with Crippen LogP contribution in [0.3, 0.4) is 0 Å². The predicted octanol–water partition coefficient (Wildman–Crippen LogP) is 3.30. The number of aromatic amines is 1. The number of hydrogen-bond acceptors (Lipinski definition) is 1. The summed E-state index contributed by atoms with van der Waals surface area (Å²) in [5.74, 6) is -0.211. The van der Waals surface area contributed by atoms with Gasteiger partial charge in [-0.2, -0.15) is 0 Å². The van der Waals surface area contributed by atoms with Gasteiger partial charge in [-0.05, 0) is 36.3 Å². The van der Waals surface area contributed by atoms with Gasteiger partial charge < -0.3 is 9.55 Å². The van der Waals surface area contributed by atoms with Crippen molar-refractivity contribution in [2.45, 2.75) is 19.9 Å². The summed E-state index contributed by atoms with van der Waals surface area (Å²) in [5.41, 5.74) is 2.06. The first kappa shape index (κ1) is 11.1. The van der Waals surface area contributed by atoms with E-state index in [0.717, 1.165) is 17.7 Å². The number of rotatable bonds is 3. The molecule has 2 aromatic rings. The summed E-state index contributed by atoms with van der Waals surface area (Å²) in [4.78, 5) is 3.01. The minimum absolute atomic E-state index is 0.211. The molecule has 0 aliphatic rings. The van der Waals surface area contributed by atoms with Gasteiger partial charge in [0.15, 0.2) is 4.77 Å². The van der Waals surface area contributed by atoms with E-state index < -0.39 is 0 Å². The minimum atomic E-state index is -0.211. The molecule has 84 valence electrons. The first-order valence-corrected chi connectivity index (χ1v) is 5.63. The first-order valence-electron chi connectivity index (χ1n) is 5.22. The SMILES string of the molecule is CCc1c[nH]c(=S)n1Cc1cccc(F)c1. The van der Waals surface area contributed by atoms with Crippen LogP contribution >= 0.6 is 12.2 Å². The van der Waals surface area contributed by atoms with Crippen molar-refractivity contribution in [1.82, 2.24) is 9.55 Å². The van der Waals surface area contributed by atoms with Crippen molar-refractivity contribution in [1.29, 1.82) is 0 Å². The Bertz CT molecular complexity index is 542. The van der Waals surface area contributed by atoms with Gasteiger partial charge in [-0.3, -0.25) is 0 Å². The molecule has 2 rings (SSSR count). The van der Waals surface area contributed by atoms with Crippen LogP contribution in [0.5, 0.6) is 0 Å². The van der Waals surface area contributed by atoms with Crippen LogP contribution in [0.2, 0.25) is 0 Å². The molecule has 1 aromatic carbocycles. The smallest absolute Gasteiger partial charge is 0.177 e. The van der Waals surface area contributed by atoms with Crippen LogP contribution in [0.4, 0.5) is 4.39 Å². The monoisotopic (exact) mass is 236 g/mol. The molecule has 0 saturated heterocycles. The molecule has 0 amide bonds. The molecule has 0 radical (unpaired) electrons. The maximum Gasteiger partial charge on any atom is 0.177 e. The van der Waals surface area contributed by atoms with Crippen molar-refractivity contribution in [2.24, 2.45) is 0 Å². The predicted molar refractivity (Wildman–Crippen MR) is 64.5 cm³/mol. The van der Waals surface area contributed by atoms with Gasteiger partial charge in [-0.25, -0.2) is 4.39 Å². The van der Waals surface area contributed by atoms with Gasteiger partial charge in [0.05, 0.1) is 6.54 Å². The van der Waals surface area contributed by atoms with Crippen LogP contribution in [-0.4, -0.2) is 9.55 Å². The molecule has 1 heterocycles. The fraction of sp³-hybridized carbons (Fsp3) is 0.250. The molecule has 0 spiro atoms. The lowest BCUT2D eigenvalue weighted by molar-refractivity contribution is 0.622. The molecular weight excluding hydrogens is 223 g/mol. The molecule has 0 fully saturated rings. The Kier molecular flexibility index (Phi) is 3.19. The summed E-state index contributed by atoms with van der Waals surface area (Å²) in [6, 6.07) is 6.60. The number of benzene rings is 1. The van der Waals surface area contributed by atoms with E-state index >= 15 is 0 Å². The third kappa shape index (κ3) is 2.22. The summed E-state index contributed by atoms with van der Waals surface area (Å²) in [6.07, 6.45) is 2.81. The third-order valence-electron chi connectivity index (χ3n) is 2.55. The average molecular weight is 236 g/mol. The van der Waals surface area contributed by atoms with E-state index in [4.69, 9.17) is 12.2 Å². The van der Waals surface area contributed by atoms with Gasteiger partial charge in [0.25, 0.3) is 0 Å². The van der Waals surface area contributed by atoms with Gasteiger partial charge in [-0.15, -0.1) is 0 Å². The highest BCUT2D eigenvalue weighted by molar-refractivity contribution is 7.71. The lowest BCUT2D eigenvalue weighted by Gasteiger charge is -2.06. The number of halogens is 1. The van der Waals surface area contributed by atoms with Crippen molar-refractivity contribution in [3.63, 3.8) is 0 Å². The Labute approximate surface area is 98.7 Å². The largest absolute Gasteiger partial charge is 0.337 e. The van der Waals surface area contributed by atoms with Gasteiger partial charge in [0, 0.05) is 11.9 Å². The number of aryl methyl sites for hydroxylation is 1. The summed E-state index contributed by atoms with van der Waals surface area (Å²) in [7, 11) is 0. The Morgan fingerprint density at radius 2 is 2.25 bits per heavy atom. The van der Waals surface area contributed by atoms with E-state index in [9.17, 15) is 4.39 Å². The summed E-state index contributed by atoms with van der Waals surface area (Å²) >= 11 is 5.18. The summed E-state index contributed by atoms with van der Waals surface area (Å²) in [6.45, 7) is 2.68. The zero-order chi connectivity index (χ0) is 11.5. The van der Waals surface area contributed by atoms with Gasteiger partial charge in [0.1, 0.15) is 5.82 Å². The molecule has 0 bridgehead atoms. The molecule has 0 atom stereocenters. The lowest BCUT2D eigenvalue weighted by Crippen LogP contribution is -2.03. The van der Waals surface area contributed by atoms with E-state index in [0.29, 0.717) is 11.3 Å². The van der Waals surface area contributed by atoms with Crippen LogP contribution in [0, 0.1) is 10.6 Å². The van der Waals surface area contributed by atoms with E-state index in [2.05, 4.69) is 11.9 Å². The van der Waals surface area contributed by atoms with E-state index in [1.54, 1.807) is 6.07 Å². The number of imidazole rings is 1. The second-order valence-electron chi connectivity index (χ2n) is 3.65. The van der Waals surface area contributed by atoms with Crippen molar-refractivity contribution in [3.8, 4) is 0 Å². The lowest BCUT2D eigenvalue weighted by atomic mass is 10.2. The fourth-order valence-corrected chi connectivity index (χ4v) is 1.96. The Morgan fingerprint density at radius 3 is 2.94 bits per heavy atom. The number of hydrogen-bond donors (Lipinski definition) is 1. The highest BCUT2D eigenvalue weighted by Gasteiger charge is 2.03. The fourth-order valence-electron chi connectivity index (χ4n) is 1.72. The highest BCUT2D eigenvalue weighted by Crippen LogP contribution is 2.09. The zero-order valence-electron chi connectivity index (χ0n) is 9.03. The van der Waals surface area contributed by atoms with Crippen LogP contribution in [0.1, 0.15) is 18.2 Å². The number of nitrogens with one attached hydrogen (secondary N) is 1. The van der Waals surface area contributed by atoms with Crippen LogP contribution in [0.25, 0.3) is 0 Å². The topological polar surface area (TPSA) is 20.7 Å². The Morgan fingerprint density at radius 1 is 1.44 bits per heavy atom. The number of nitrogens with zero attached hydrogens (tertiary/aromatic N) is 1. The summed E-state index contributed by atoms with van der Waals surface area (Å²) in [5, 5.41) is 0. The van der Waals surface area contributed by atoms with Crippen molar-refractivity contribution in [3.05, 3.63) is 52.3 Å². The minimum Gasteiger partial charge on any atom is -0.337 e. The maximum atomic E-state index is 13.0. The van der Waals surface area contributed by atoms with Gasteiger partial charge >= 0.3 is 0 Å². The molecular formula is C12H13FN2S. The van der Waals surface area contributed by atoms with Crippen LogP contribution in [-0.2, 0) is 13.0 Å². The van der Waals surface area contributed by atoms with Crippen molar-refractivity contribution >= 4 is 12.2 Å². The molecule has 2 nitrogen and oxygen atoms in total. The molecule has 0 unspecified atom stereocenters. The standard InChI is InChI=1S/C12H13FN2S/c1-2-11-7-14-12(16)15(11)8-9-4-3-5-10(13)6-9/h3-7H,2,8H2,1H3,(H,14,16). The maximum absolute atomic E-state index is 13.0. The van der Waals surface area contributed by atoms with Crippen molar-refractivity contribution < 1.29 is 4.39 Å². The third-order valence-corrected chi connectivity index (χ3v) is 2.88. The molecule has 16 heavy (non-hydrogen) atoms. The van der Waals surface area contributed by atoms with E-state index in [1.165, 1.54) is 12.1 Å². The Balaban J connectivity index is 2.33. The number of aromatic nitrogens is 2. The second-order valence-corrected chi connectivity index (χ2v) is 4.04. The second kappa shape index (κ2) is 4.61. The van der Waals surface area contributed by atoms with Gasteiger partial charge in [-0.1, -0.05) is 19.1 Å². The molecule has 4 heteroatoms. The Hall–Kier alpha value is -1.42. The van der Waals surface area contributed by atoms with Crippen LogP contribution < -0.4 is 0 Å². The quantitative estimate of drug-likeness (QED) is 0.811.